The molecule has 2 aromatic carbocycles. The minimum absolute atomic E-state index is 0.111. The molecule has 41 heavy (non-hydrogen) atoms. The number of hydrogen-bond acceptors (Lipinski definition) is 5. The monoisotopic (exact) mass is 565 g/mol. The van der Waals surface area contributed by atoms with E-state index in [2.05, 4.69) is 24.5 Å². The maximum Gasteiger partial charge on any atom is 0.408 e. The van der Waals surface area contributed by atoms with E-state index in [-0.39, 0.29) is 35.9 Å². The Bertz CT molecular complexity index is 1200. The number of hydrogen-bond donors (Lipinski definition) is 3. The van der Waals surface area contributed by atoms with Gasteiger partial charge in [0.25, 0.3) is 0 Å². The summed E-state index contributed by atoms with van der Waals surface area (Å²) < 4.78 is 5.51. The summed E-state index contributed by atoms with van der Waals surface area (Å²) >= 11 is 0. The molecular formula is C33H47N3O5. The van der Waals surface area contributed by atoms with Gasteiger partial charge in [-0.15, -0.1) is 0 Å². The molecule has 0 radical (unpaired) electrons. The van der Waals surface area contributed by atoms with Crippen molar-refractivity contribution in [1.82, 2.24) is 15.5 Å². The Morgan fingerprint density at radius 2 is 1.71 bits per heavy atom. The first-order valence-electron chi connectivity index (χ1n) is 14.7. The summed E-state index contributed by atoms with van der Waals surface area (Å²) in [5, 5.41) is 15.6. The molecule has 4 unspecified atom stereocenters. The average molecular weight is 566 g/mol. The van der Waals surface area contributed by atoms with E-state index in [1.165, 1.54) is 0 Å². The highest BCUT2D eigenvalue weighted by molar-refractivity contribution is 5.93. The summed E-state index contributed by atoms with van der Waals surface area (Å²) in [6.07, 6.45) is 3.15. The van der Waals surface area contributed by atoms with E-state index < -0.39 is 23.8 Å². The van der Waals surface area contributed by atoms with Crippen molar-refractivity contribution in [2.75, 3.05) is 6.54 Å². The van der Waals surface area contributed by atoms with Gasteiger partial charge in [0.1, 0.15) is 23.4 Å². The zero-order valence-electron chi connectivity index (χ0n) is 25.6. The van der Waals surface area contributed by atoms with E-state index in [4.69, 9.17) is 4.74 Å². The van der Waals surface area contributed by atoms with Gasteiger partial charge in [0.15, 0.2) is 0 Å². The van der Waals surface area contributed by atoms with E-state index >= 15 is 0 Å². The molecule has 8 heteroatoms. The minimum Gasteiger partial charge on any atom is -0.508 e. The molecule has 1 aliphatic rings. The molecule has 2 aromatic rings. The maximum absolute atomic E-state index is 14.5. The number of nitrogens with one attached hydrogen (secondary N) is 2. The minimum atomic E-state index is -0.982. The Labute approximate surface area is 244 Å². The zero-order valence-corrected chi connectivity index (χ0v) is 25.6. The van der Waals surface area contributed by atoms with Crippen molar-refractivity contribution in [3.8, 4) is 5.75 Å². The largest absolute Gasteiger partial charge is 0.508 e. The van der Waals surface area contributed by atoms with Gasteiger partial charge in [-0.1, -0.05) is 57.0 Å². The second kappa shape index (κ2) is 13.9. The van der Waals surface area contributed by atoms with Crippen LogP contribution in [0, 0.1) is 19.8 Å². The molecule has 8 nitrogen and oxygen atoms in total. The van der Waals surface area contributed by atoms with Crippen LogP contribution in [0.4, 0.5) is 4.79 Å². The van der Waals surface area contributed by atoms with Crippen LogP contribution in [-0.4, -0.2) is 52.1 Å². The van der Waals surface area contributed by atoms with E-state index in [0.717, 1.165) is 47.9 Å². The first-order chi connectivity index (χ1) is 19.3. The molecule has 0 spiro atoms. The molecule has 0 aliphatic heterocycles. The van der Waals surface area contributed by atoms with Crippen molar-refractivity contribution >= 4 is 17.9 Å². The molecule has 1 aliphatic carbocycles. The van der Waals surface area contributed by atoms with Crippen molar-refractivity contribution in [3.63, 3.8) is 0 Å². The molecule has 0 bridgehead atoms. The van der Waals surface area contributed by atoms with Gasteiger partial charge >= 0.3 is 6.09 Å². The molecule has 0 aromatic heterocycles. The number of aryl methyl sites for hydroxylation is 2. The molecular weight excluding hydrogens is 518 g/mol. The lowest BCUT2D eigenvalue weighted by molar-refractivity contribution is -0.143. The molecule has 0 heterocycles. The number of unbranched alkanes of at least 4 members (excludes halogenated alkanes) is 2. The number of nitrogens with zero attached hydrogens (tertiary/aromatic N) is 1. The summed E-state index contributed by atoms with van der Waals surface area (Å²) in [6.45, 7) is 14.0. The standard InChI is InChI=1S/C33H47N3O5/c1-8-9-10-17-34-30(38)29(25-14-11-21(2)22(3)18-25)36(28-19-23(28)4)31(39)27(35-32(40)41-33(5,6)7)20-24-12-15-26(37)16-13-24/h11-16,18,23,27-29,37H,8-10,17,19-20H2,1-7H3,(H,34,38)(H,35,40). The van der Waals surface area contributed by atoms with Crippen LogP contribution in [-0.2, 0) is 20.7 Å². The lowest BCUT2D eigenvalue weighted by Gasteiger charge is -2.35. The van der Waals surface area contributed by atoms with Crippen LogP contribution in [0.2, 0.25) is 0 Å². The summed E-state index contributed by atoms with van der Waals surface area (Å²) in [6, 6.07) is 10.4. The van der Waals surface area contributed by atoms with Gasteiger partial charge in [-0.2, -0.15) is 0 Å². The second-order valence-corrected chi connectivity index (χ2v) is 12.3. The summed E-state index contributed by atoms with van der Waals surface area (Å²) in [4.78, 5) is 43.0. The molecule has 1 saturated carbocycles. The molecule has 3 amide bonds. The van der Waals surface area contributed by atoms with Gasteiger partial charge in [-0.25, -0.2) is 4.79 Å². The zero-order chi connectivity index (χ0) is 30.3. The van der Waals surface area contributed by atoms with E-state index in [1.807, 2.05) is 32.0 Å². The number of phenols is 1. The Balaban J connectivity index is 2.02. The van der Waals surface area contributed by atoms with Crippen LogP contribution < -0.4 is 10.6 Å². The Kier molecular flexibility index (Phi) is 10.8. The van der Waals surface area contributed by atoms with Crippen molar-refractivity contribution in [3.05, 3.63) is 64.7 Å². The predicted octanol–water partition coefficient (Wildman–Crippen LogP) is 5.73. The van der Waals surface area contributed by atoms with Crippen molar-refractivity contribution in [2.45, 2.75) is 104 Å². The van der Waals surface area contributed by atoms with Crippen LogP contribution >= 0.6 is 0 Å². The van der Waals surface area contributed by atoms with Crippen molar-refractivity contribution in [2.24, 2.45) is 5.92 Å². The number of benzene rings is 2. The van der Waals surface area contributed by atoms with Crippen molar-refractivity contribution in [1.29, 1.82) is 0 Å². The molecule has 3 N–H and O–H groups in total. The number of carbonyl (C=O) groups is 3. The third-order valence-electron chi connectivity index (χ3n) is 7.50. The van der Waals surface area contributed by atoms with Gasteiger partial charge in [-0.05, 0) is 87.8 Å². The van der Waals surface area contributed by atoms with Gasteiger partial charge < -0.3 is 25.4 Å². The topological polar surface area (TPSA) is 108 Å². The first-order valence-corrected chi connectivity index (χ1v) is 14.7. The predicted molar refractivity (Wildman–Crippen MR) is 161 cm³/mol. The molecule has 224 valence electrons. The number of aromatic hydroxyl groups is 1. The second-order valence-electron chi connectivity index (χ2n) is 12.3. The molecule has 1 fully saturated rings. The third-order valence-corrected chi connectivity index (χ3v) is 7.50. The fourth-order valence-corrected chi connectivity index (χ4v) is 4.93. The van der Waals surface area contributed by atoms with Crippen LogP contribution in [0.15, 0.2) is 42.5 Å². The molecule has 0 saturated heterocycles. The highest BCUT2D eigenvalue weighted by atomic mass is 16.6. The first kappa shape index (κ1) is 32.0. The van der Waals surface area contributed by atoms with Crippen LogP contribution in [0.1, 0.15) is 88.6 Å². The Hall–Kier alpha value is -3.55. The highest BCUT2D eigenvalue weighted by Gasteiger charge is 2.48. The Morgan fingerprint density at radius 1 is 1.05 bits per heavy atom. The van der Waals surface area contributed by atoms with Gasteiger partial charge in [0.05, 0.1) is 0 Å². The van der Waals surface area contributed by atoms with Crippen LogP contribution in [0.25, 0.3) is 0 Å². The third kappa shape index (κ3) is 9.23. The number of carbonyl (C=O) groups excluding carboxylic acids is 3. The normalized spacial score (nSPS) is 17.7. The van der Waals surface area contributed by atoms with E-state index in [0.29, 0.717) is 6.54 Å². The number of ether oxygens (including phenoxy) is 1. The summed E-state index contributed by atoms with van der Waals surface area (Å²) in [7, 11) is 0. The smallest absolute Gasteiger partial charge is 0.408 e. The van der Waals surface area contributed by atoms with E-state index in [9.17, 15) is 19.5 Å². The quantitative estimate of drug-likeness (QED) is 0.285. The number of rotatable bonds is 12. The van der Waals surface area contributed by atoms with Crippen LogP contribution in [0.3, 0.4) is 0 Å². The number of alkyl carbamates (subject to hydrolysis) is 1. The van der Waals surface area contributed by atoms with Gasteiger partial charge in [0, 0.05) is 19.0 Å². The maximum atomic E-state index is 14.5. The average Bonchev–Trinajstić information content (AvgIpc) is 3.61. The molecule has 3 rings (SSSR count). The molecule has 4 atom stereocenters. The van der Waals surface area contributed by atoms with Gasteiger partial charge in [0.2, 0.25) is 11.8 Å². The fourth-order valence-electron chi connectivity index (χ4n) is 4.93. The summed E-state index contributed by atoms with van der Waals surface area (Å²) in [5.41, 5.74) is 2.89. The fraction of sp³-hybridized carbons (Fsp3) is 0.545. The van der Waals surface area contributed by atoms with Crippen molar-refractivity contribution < 1.29 is 24.2 Å². The van der Waals surface area contributed by atoms with Gasteiger partial charge in [-0.3, -0.25) is 9.59 Å². The Morgan fingerprint density at radius 3 is 2.27 bits per heavy atom. The SMILES string of the molecule is CCCCCNC(=O)C(c1ccc(C)c(C)c1)N(C(=O)C(Cc1ccc(O)cc1)NC(=O)OC(C)(C)C)C1CC1C. The lowest BCUT2D eigenvalue weighted by Crippen LogP contribution is -2.54. The highest BCUT2D eigenvalue weighted by Crippen LogP contribution is 2.41. The number of amides is 3. The van der Waals surface area contributed by atoms with E-state index in [1.54, 1.807) is 49.9 Å². The van der Waals surface area contributed by atoms with Crippen LogP contribution in [0.5, 0.6) is 5.75 Å². The number of phenolic OH excluding ortho intramolecular Hbond substituents is 1. The lowest BCUT2D eigenvalue weighted by atomic mass is 9.97. The summed E-state index contributed by atoms with van der Waals surface area (Å²) in [5.74, 6) is -0.237.